The van der Waals surface area contributed by atoms with Crippen molar-refractivity contribution in [2.75, 3.05) is 7.05 Å². The lowest BCUT2D eigenvalue weighted by Gasteiger charge is -2.20. The number of aryl methyl sites for hydroxylation is 2. The molecule has 0 saturated carbocycles. The largest absolute Gasteiger partial charge is 0.309 e. The van der Waals surface area contributed by atoms with Crippen LogP contribution in [0.4, 0.5) is 0 Å². The summed E-state index contributed by atoms with van der Waals surface area (Å²) >= 11 is 0. The molecule has 0 aromatic heterocycles. The van der Waals surface area contributed by atoms with E-state index < -0.39 is 0 Å². The highest BCUT2D eigenvalue weighted by molar-refractivity contribution is 5.41. The molecule has 1 nitrogen and oxygen atoms in total. The summed E-state index contributed by atoms with van der Waals surface area (Å²) in [4.78, 5) is 0. The molecular weight excluding hydrogens is 218 g/mol. The minimum Gasteiger partial charge on any atom is -0.309 e. The zero-order chi connectivity index (χ0) is 13.1. The van der Waals surface area contributed by atoms with Crippen LogP contribution in [0.2, 0.25) is 0 Å². The fourth-order valence-corrected chi connectivity index (χ4v) is 2.35. The third-order valence-corrected chi connectivity index (χ3v) is 3.66. The molecule has 0 aliphatic rings. The number of hydrogen-bond donors (Lipinski definition) is 1. The van der Waals surface area contributed by atoms with Gasteiger partial charge in [0, 0.05) is 0 Å². The summed E-state index contributed by atoms with van der Waals surface area (Å²) in [6, 6.07) is 15.5. The lowest BCUT2D eigenvalue weighted by atomic mass is 9.92. The van der Waals surface area contributed by atoms with E-state index in [1.54, 1.807) is 0 Å². The maximum Gasteiger partial charge on any atom is 0.0576 e. The molecule has 1 heteroatoms. The van der Waals surface area contributed by atoms with E-state index in [9.17, 15) is 0 Å². The van der Waals surface area contributed by atoms with E-state index in [4.69, 9.17) is 0 Å². The van der Waals surface area contributed by atoms with Crippen LogP contribution >= 0.6 is 0 Å². The van der Waals surface area contributed by atoms with Crippen molar-refractivity contribution in [2.45, 2.75) is 26.8 Å². The van der Waals surface area contributed by atoms with Gasteiger partial charge in [-0.25, -0.2) is 0 Å². The Morgan fingerprint density at radius 2 is 1.56 bits per heavy atom. The van der Waals surface area contributed by atoms with E-state index in [-0.39, 0.29) is 6.04 Å². The van der Waals surface area contributed by atoms with E-state index in [2.05, 4.69) is 68.6 Å². The normalized spacial score (nSPS) is 12.4. The zero-order valence-electron chi connectivity index (χ0n) is 11.6. The molecule has 0 amide bonds. The van der Waals surface area contributed by atoms with Crippen molar-refractivity contribution in [1.82, 2.24) is 5.32 Å². The molecule has 1 unspecified atom stereocenters. The minimum atomic E-state index is 0.269. The molecule has 1 N–H and O–H groups in total. The number of hydrogen-bond acceptors (Lipinski definition) is 1. The topological polar surface area (TPSA) is 12.0 Å². The van der Waals surface area contributed by atoms with Gasteiger partial charge in [-0.2, -0.15) is 0 Å². The second-order valence-electron chi connectivity index (χ2n) is 4.92. The van der Waals surface area contributed by atoms with Gasteiger partial charge in [0.05, 0.1) is 6.04 Å². The molecule has 94 valence electrons. The molecule has 2 rings (SSSR count). The second kappa shape index (κ2) is 5.36. The van der Waals surface area contributed by atoms with Gasteiger partial charge in [-0.3, -0.25) is 0 Å². The SMILES string of the molecule is CNC(c1ccc(C)cc1)c1cccc(C)c1C. The molecule has 0 saturated heterocycles. The zero-order valence-corrected chi connectivity index (χ0v) is 11.6. The lowest BCUT2D eigenvalue weighted by molar-refractivity contribution is 0.686. The maximum absolute atomic E-state index is 3.42. The van der Waals surface area contributed by atoms with Gasteiger partial charge in [0.25, 0.3) is 0 Å². The minimum absolute atomic E-state index is 0.269. The van der Waals surface area contributed by atoms with Crippen LogP contribution in [0.1, 0.15) is 33.9 Å². The Labute approximate surface area is 110 Å². The fraction of sp³-hybridized carbons (Fsp3) is 0.294. The Hall–Kier alpha value is -1.60. The molecule has 0 aliphatic heterocycles. The first-order valence-corrected chi connectivity index (χ1v) is 6.43. The van der Waals surface area contributed by atoms with Gasteiger partial charge >= 0.3 is 0 Å². The van der Waals surface area contributed by atoms with Crippen molar-refractivity contribution in [3.63, 3.8) is 0 Å². The number of benzene rings is 2. The van der Waals surface area contributed by atoms with Crippen LogP contribution in [0, 0.1) is 20.8 Å². The Balaban J connectivity index is 2.45. The van der Waals surface area contributed by atoms with Gasteiger partial charge in [-0.1, -0.05) is 48.0 Å². The third-order valence-electron chi connectivity index (χ3n) is 3.66. The van der Waals surface area contributed by atoms with Crippen LogP contribution < -0.4 is 5.32 Å². The maximum atomic E-state index is 3.42. The van der Waals surface area contributed by atoms with Gasteiger partial charge in [0.1, 0.15) is 0 Å². The molecule has 0 bridgehead atoms. The Bertz CT molecular complexity index is 526. The van der Waals surface area contributed by atoms with Gasteiger partial charge in [-0.15, -0.1) is 0 Å². The summed E-state index contributed by atoms with van der Waals surface area (Å²) < 4.78 is 0. The van der Waals surface area contributed by atoms with Crippen LogP contribution in [0.5, 0.6) is 0 Å². The smallest absolute Gasteiger partial charge is 0.0576 e. The molecular formula is C17H21N. The highest BCUT2D eigenvalue weighted by Gasteiger charge is 2.14. The standard InChI is InChI=1S/C17H21N/c1-12-8-10-15(11-9-12)17(18-4)16-7-5-6-13(2)14(16)3/h5-11,17-18H,1-4H3. The van der Waals surface area contributed by atoms with Crippen LogP contribution in [0.3, 0.4) is 0 Å². The first kappa shape index (κ1) is 12.8. The highest BCUT2D eigenvalue weighted by atomic mass is 14.9. The van der Waals surface area contributed by atoms with Crippen molar-refractivity contribution < 1.29 is 0 Å². The van der Waals surface area contributed by atoms with Crippen molar-refractivity contribution in [3.05, 3.63) is 70.3 Å². The molecule has 0 aliphatic carbocycles. The van der Waals surface area contributed by atoms with E-state index >= 15 is 0 Å². The first-order chi connectivity index (χ1) is 8.63. The summed E-state index contributed by atoms with van der Waals surface area (Å²) in [5.74, 6) is 0. The molecule has 18 heavy (non-hydrogen) atoms. The highest BCUT2D eigenvalue weighted by Crippen LogP contribution is 2.26. The van der Waals surface area contributed by atoms with Gasteiger partial charge in [0.15, 0.2) is 0 Å². The fourth-order valence-electron chi connectivity index (χ4n) is 2.35. The van der Waals surface area contributed by atoms with Gasteiger partial charge in [-0.05, 0) is 50.1 Å². The van der Waals surface area contributed by atoms with E-state index in [1.807, 2.05) is 7.05 Å². The first-order valence-electron chi connectivity index (χ1n) is 6.43. The second-order valence-corrected chi connectivity index (χ2v) is 4.92. The van der Waals surface area contributed by atoms with Crippen molar-refractivity contribution in [2.24, 2.45) is 0 Å². The average molecular weight is 239 g/mol. The van der Waals surface area contributed by atoms with Crippen LogP contribution in [-0.2, 0) is 0 Å². The Kier molecular flexibility index (Phi) is 3.83. The summed E-state index contributed by atoms with van der Waals surface area (Å²) in [7, 11) is 2.02. The number of nitrogens with one attached hydrogen (secondary N) is 1. The van der Waals surface area contributed by atoms with Crippen LogP contribution in [0.15, 0.2) is 42.5 Å². The molecule has 2 aromatic carbocycles. The summed E-state index contributed by atoms with van der Waals surface area (Å²) in [6.45, 7) is 6.49. The lowest BCUT2D eigenvalue weighted by Crippen LogP contribution is -2.18. The van der Waals surface area contributed by atoms with E-state index in [0.717, 1.165) is 0 Å². The van der Waals surface area contributed by atoms with Gasteiger partial charge < -0.3 is 5.32 Å². The van der Waals surface area contributed by atoms with Crippen molar-refractivity contribution >= 4 is 0 Å². The average Bonchev–Trinajstić information content (AvgIpc) is 2.37. The van der Waals surface area contributed by atoms with Crippen molar-refractivity contribution in [3.8, 4) is 0 Å². The molecule has 2 aromatic rings. The number of rotatable bonds is 3. The predicted molar refractivity (Wildman–Crippen MR) is 78.0 cm³/mol. The summed E-state index contributed by atoms with van der Waals surface area (Å²) in [5.41, 5.74) is 6.70. The van der Waals surface area contributed by atoms with Crippen molar-refractivity contribution in [1.29, 1.82) is 0 Å². The van der Waals surface area contributed by atoms with Gasteiger partial charge in [0.2, 0.25) is 0 Å². The molecule has 1 atom stereocenters. The molecule has 0 heterocycles. The van der Waals surface area contributed by atoms with E-state index in [0.29, 0.717) is 0 Å². The monoisotopic (exact) mass is 239 g/mol. The Morgan fingerprint density at radius 3 is 2.17 bits per heavy atom. The predicted octanol–water partition coefficient (Wildman–Crippen LogP) is 3.92. The quantitative estimate of drug-likeness (QED) is 0.856. The molecule has 0 fully saturated rings. The summed E-state index contributed by atoms with van der Waals surface area (Å²) in [5, 5.41) is 3.42. The van der Waals surface area contributed by atoms with Crippen LogP contribution in [0.25, 0.3) is 0 Å². The molecule has 0 spiro atoms. The third kappa shape index (κ3) is 2.46. The Morgan fingerprint density at radius 1 is 0.889 bits per heavy atom. The van der Waals surface area contributed by atoms with Crippen LogP contribution in [-0.4, -0.2) is 7.05 Å². The molecule has 0 radical (unpaired) electrons. The van der Waals surface area contributed by atoms with E-state index in [1.165, 1.54) is 27.8 Å². The summed E-state index contributed by atoms with van der Waals surface area (Å²) in [6.07, 6.45) is 0.